The van der Waals surface area contributed by atoms with Gasteiger partial charge >= 0.3 is 0 Å². The number of carbonyl (C=O) groups excluding carboxylic acids is 1. The zero-order valence-corrected chi connectivity index (χ0v) is 13.9. The normalized spacial score (nSPS) is 17.3. The summed E-state index contributed by atoms with van der Waals surface area (Å²) in [6, 6.07) is 5.77. The van der Waals surface area contributed by atoms with E-state index in [-0.39, 0.29) is 11.7 Å². The van der Waals surface area contributed by atoms with Crippen molar-refractivity contribution in [3.63, 3.8) is 0 Å². The van der Waals surface area contributed by atoms with Crippen molar-refractivity contribution in [3.8, 4) is 0 Å². The molecule has 0 bridgehead atoms. The summed E-state index contributed by atoms with van der Waals surface area (Å²) in [4.78, 5) is 13.8. The van der Waals surface area contributed by atoms with E-state index in [2.05, 4.69) is 4.72 Å². The molecule has 122 valence electrons. The largest absolute Gasteiger partial charge is 0.378 e. The summed E-state index contributed by atoms with van der Waals surface area (Å²) in [5.41, 5.74) is 0.614. The molecule has 0 aromatic heterocycles. The Kier molecular flexibility index (Phi) is 5.80. The Morgan fingerprint density at radius 3 is 2.50 bits per heavy atom. The number of carbonyl (C=O) groups is 1. The molecule has 6 nitrogen and oxygen atoms in total. The first kappa shape index (κ1) is 17.2. The number of nitrogens with one attached hydrogen (secondary N) is 1. The molecule has 1 aliphatic heterocycles. The summed E-state index contributed by atoms with van der Waals surface area (Å²) in [7, 11) is -3.60. The van der Waals surface area contributed by atoms with Gasteiger partial charge in [0.15, 0.2) is 0 Å². The zero-order chi connectivity index (χ0) is 16.2. The van der Waals surface area contributed by atoms with Crippen LogP contribution in [0.3, 0.4) is 0 Å². The summed E-state index contributed by atoms with van der Waals surface area (Å²) >= 11 is 5.77. The predicted molar refractivity (Wildman–Crippen MR) is 84.1 cm³/mol. The summed E-state index contributed by atoms with van der Waals surface area (Å²) in [5, 5.41) is 0.546. The number of morpholine rings is 1. The number of amides is 1. The van der Waals surface area contributed by atoms with Crippen molar-refractivity contribution in [2.24, 2.45) is 0 Å². The number of hydrogen-bond acceptors (Lipinski definition) is 4. The van der Waals surface area contributed by atoms with E-state index in [9.17, 15) is 13.2 Å². The second-order valence-electron chi connectivity index (χ2n) is 5.16. The van der Waals surface area contributed by atoms with Gasteiger partial charge in [-0.3, -0.25) is 4.79 Å². The molecule has 0 spiro atoms. The Bertz CT molecular complexity index is 612. The molecule has 22 heavy (non-hydrogen) atoms. The smallest absolute Gasteiger partial charge is 0.240 e. The number of ether oxygens (including phenoxy) is 1. The molecule has 1 atom stereocenters. The van der Waals surface area contributed by atoms with Crippen molar-refractivity contribution in [1.29, 1.82) is 0 Å². The Labute approximate surface area is 135 Å². The fourth-order valence-corrected chi connectivity index (χ4v) is 3.70. The van der Waals surface area contributed by atoms with E-state index in [1.165, 1.54) is 0 Å². The minimum atomic E-state index is -3.60. The lowest BCUT2D eigenvalue weighted by Gasteiger charge is -2.29. The molecule has 0 radical (unpaired) electrons. The molecule has 1 aliphatic rings. The number of halogens is 1. The average molecular weight is 347 g/mol. The molecule has 0 unspecified atom stereocenters. The van der Waals surface area contributed by atoms with Crippen LogP contribution in [0.4, 0.5) is 0 Å². The summed E-state index contributed by atoms with van der Waals surface area (Å²) in [6.45, 7) is 3.49. The van der Waals surface area contributed by atoms with Crippen molar-refractivity contribution in [2.75, 3.05) is 26.3 Å². The number of hydrogen-bond donors (Lipinski definition) is 1. The molecule has 1 heterocycles. The molecule has 2 rings (SSSR count). The molecule has 0 saturated carbocycles. The van der Waals surface area contributed by atoms with Gasteiger partial charge in [-0.15, -0.1) is 0 Å². The van der Waals surface area contributed by atoms with Crippen LogP contribution in [0.25, 0.3) is 0 Å². The number of rotatable bonds is 5. The van der Waals surface area contributed by atoms with E-state index in [0.29, 0.717) is 36.9 Å². The van der Waals surface area contributed by atoms with Crippen LogP contribution in [-0.2, 0) is 25.3 Å². The van der Waals surface area contributed by atoms with E-state index in [1.807, 2.05) is 0 Å². The van der Waals surface area contributed by atoms with Gasteiger partial charge in [-0.25, -0.2) is 13.1 Å². The van der Waals surface area contributed by atoms with E-state index < -0.39 is 16.1 Å². The van der Waals surface area contributed by atoms with E-state index in [0.717, 1.165) is 0 Å². The van der Waals surface area contributed by atoms with Crippen LogP contribution in [0, 0.1) is 0 Å². The van der Waals surface area contributed by atoms with Gasteiger partial charge in [0, 0.05) is 18.1 Å². The number of benzene rings is 1. The monoisotopic (exact) mass is 346 g/mol. The van der Waals surface area contributed by atoms with Crippen LogP contribution in [-0.4, -0.2) is 51.6 Å². The molecule has 1 fully saturated rings. The third-order valence-electron chi connectivity index (χ3n) is 3.32. The van der Waals surface area contributed by atoms with Crippen LogP contribution in [0.15, 0.2) is 24.3 Å². The first-order valence-electron chi connectivity index (χ1n) is 6.98. The number of nitrogens with zero attached hydrogens (tertiary/aromatic N) is 1. The second kappa shape index (κ2) is 7.41. The maximum atomic E-state index is 12.2. The van der Waals surface area contributed by atoms with Crippen molar-refractivity contribution in [3.05, 3.63) is 34.9 Å². The standard InChI is InChI=1S/C14H19ClN2O4S/c1-11(14(18)17-6-8-21-9-7-17)16-22(19,20)10-12-2-4-13(15)5-3-12/h2-5,11,16H,6-10H2,1H3/t11-/m0/s1. The molecule has 1 aromatic rings. The molecular weight excluding hydrogens is 328 g/mol. The molecule has 1 saturated heterocycles. The SMILES string of the molecule is C[C@H](NS(=O)(=O)Cc1ccc(Cl)cc1)C(=O)N1CCOCC1. The van der Waals surface area contributed by atoms with E-state index >= 15 is 0 Å². The minimum Gasteiger partial charge on any atom is -0.378 e. The first-order chi connectivity index (χ1) is 10.4. The van der Waals surface area contributed by atoms with Gasteiger partial charge < -0.3 is 9.64 Å². The third kappa shape index (κ3) is 4.95. The lowest BCUT2D eigenvalue weighted by atomic mass is 10.2. The minimum absolute atomic E-state index is 0.190. The van der Waals surface area contributed by atoms with Gasteiger partial charge in [-0.1, -0.05) is 23.7 Å². The second-order valence-corrected chi connectivity index (χ2v) is 7.35. The van der Waals surface area contributed by atoms with Crippen molar-refractivity contribution < 1.29 is 17.9 Å². The Morgan fingerprint density at radius 1 is 1.32 bits per heavy atom. The predicted octanol–water partition coefficient (Wildman–Crippen LogP) is 1.01. The summed E-state index contributed by atoms with van der Waals surface area (Å²) in [5.74, 6) is -0.423. The van der Waals surface area contributed by atoms with E-state index in [4.69, 9.17) is 16.3 Å². The fourth-order valence-electron chi connectivity index (χ4n) is 2.22. The zero-order valence-electron chi connectivity index (χ0n) is 12.3. The molecular formula is C14H19ClN2O4S. The van der Waals surface area contributed by atoms with E-state index in [1.54, 1.807) is 36.1 Å². The van der Waals surface area contributed by atoms with Crippen LogP contribution in [0.2, 0.25) is 5.02 Å². The van der Waals surface area contributed by atoms with Gasteiger partial charge in [-0.05, 0) is 24.6 Å². The van der Waals surface area contributed by atoms with Crippen molar-refractivity contribution >= 4 is 27.5 Å². The highest BCUT2D eigenvalue weighted by molar-refractivity contribution is 7.88. The number of sulfonamides is 1. The quantitative estimate of drug-likeness (QED) is 0.863. The van der Waals surface area contributed by atoms with Gasteiger partial charge in [0.1, 0.15) is 0 Å². The Balaban J connectivity index is 1.95. The highest BCUT2D eigenvalue weighted by atomic mass is 35.5. The molecule has 1 N–H and O–H groups in total. The van der Waals surface area contributed by atoms with Crippen molar-refractivity contribution in [2.45, 2.75) is 18.7 Å². The third-order valence-corrected chi connectivity index (χ3v) is 5.00. The lowest BCUT2D eigenvalue weighted by Crippen LogP contribution is -2.50. The molecule has 1 aromatic carbocycles. The fraction of sp³-hybridized carbons (Fsp3) is 0.500. The maximum Gasteiger partial charge on any atom is 0.240 e. The van der Waals surface area contributed by atoms with Gasteiger partial charge in [-0.2, -0.15) is 0 Å². The van der Waals surface area contributed by atoms with Gasteiger partial charge in [0.2, 0.25) is 15.9 Å². The Hall–Kier alpha value is -1.15. The molecule has 8 heteroatoms. The van der Waals surface area contributed by atoms with Gasteiger partial charge in [0.05, 0.1) is 25.0 Å². The van der Waals surface area contributed by atoms with Crippen LogP contribution in [0.1, 0.15) is 12.5 Å². The molecule has 0 aliphatic carbocycles. The first-order valence-corrected chi connectivity index (χ1v) is 9.01. The summed E-state index contributed by atoms with van der Waals surface area (Å²) < 4.78 is 31.9. The maximum absolute atomic E-state index is 12.2. The summed E-state index contributed by atoms with van der Waals surface area (Å²) in [6.07, 6.45) is 0. The molecule has 1 amide bonds. The lowest BCUT2D eigenvalue weighted by molar-refractivity contribution is -0.136. The van der Waals surface area contributed by atoms with Crippen LogP contribution in [0.5, 0.6) is 0 Å². The Morgan fingerprint density at radius 2 is 1.91 bits per heavy atom. The average Bonchev–Trinajstić information content (AvgIpc) is 2.49. The highest BCUT2D eigenvalue weighted by Crippen LogP contribution is 2.12. The van der Waals surface area contributed by atoms with Crippen LogP contribution >= 0.6 is 11.6 Å². The van der Waals surface area contributed by atoms with Gasteiger partial charge in [0.25, 0.3) is 0 Å². The topological polar surface area (TPSA) is 75.7 Å². The highest BCUT2D eigenvalue weighted by Gasteiger charge is 2.26. The van der Waals surface area contributed by atoms with Crippen LogP contribution < -0.4 is 4.72 Å². The van der Waals surface area contributed by atoms with Crippen molar-refractivity contribution in [1.82, 2.24) is 9.62 Å².